The molecule has 0 amide bonds. The van der Waals surface area contributed by atoms with Gasteiger partial charge in [0.1, 0.15) is 0 Å². The summed E-state index contributed by atoms with van der Waals surface area (Å²) in [5.41, 5.74) is 4.65. The van der Waals surface area contributed by atoms with Crippen molar-refractivity contribution in [3.05, 3.63) is 46.2 Å². The summed E-state index contributed by atoms with van der Waals surface area (Å²) in [6.45, 7) is 8.86. The number of methoxy groups -OCH3 is 1. The van der Waals surface area contributed by atoms with E-state index in [4.69, 9.17) is 4.74 Å². The van der Waals surface area contributed by atoms with Crippen molar-refractivity contribution in [2.45, 2.75) is 46.8 Å². The average molecular weight is 489 g/mol. The van der Waals surface area contributed by atoms with Crippen molar-refractivity contribution in [3.8, 4) is 11.3 Å². The Morgan fingerprint density at radius 3 is 2.55 bits per heavy atom. The number of nitrogens with zero attached hydrogens (tertiary/aromatic N) is 2. The highest BCUT2D eigenvalue weighted by atomic mass is 79.9. The first-order valence-electron chi connectivity index (χ1n) is 10.4. The van der Waals surface area contributed by atoms with Crippen LogP contribution in [0, 0.1) is 5.41 Å². The van der Waals surface area contributed by atoms with Gasteiger partial charge < -0.3 is 24.5 Å². The van der Waals surface area contributed by atoms with E-state index in [2.05, 4.69) is 44.5 Å². The number of rotatable bonds is 8. The van der Waals surface area contributed by atoms with E-state index < -0.39 is 7.12 Å². The summed E-state index contributed by atoms with van der Waals surface area (Å²) in [4.78, 5) is 4.55. The molecule has 0 bridgehead atoms. The molecular weight excluding hydrogens is 459 g/mol. The molecule has 0 saturated carbocycles. The Labute approximate surface area is 192 Å². The van der Waals surface area contributed by atoms with E-state index in [1.54, 1.807) is 13.2 Å². The normalized spacial score (nSPS) is 13.1. The number of fused-ring (bicyclic) bond motifs is 1. The minimum Gasteiger partial charge on any atom is -0.423 e. The van der Waals surface area contributed by atoms with E-state index in [0.29, 0.717) is 11.9 Å². The van der Waals surface area contributed by atoms with Crippen molar-refractivity contribution in [2.75, 3.05) is 13.7 Å². The number of aliphatic hydroxyl groups excluding tert-OH is 1. The number of hydrogen-bond acceptors (Lipinski definition) is 5. The van der Waals surface area contributed by atoms with Crippen LogP contribution in [0.1, 0.15) is 45.1 Å². The largest absolute Gasteiger partial charge is 0.490 e. The molecule has 3 N–H and O–H groups in total. The lowest BCUT2D eigenvalue weighted by molar-refractivity contribution is 0.116. The summed E-state index contributed by atoms with van der Waals surface area (Å²) >= 11 is 3.60. The number of ether oxygens (including phenoxy) is 1. The van der Waals surface area contributed by atoms with Gasteiger partial charge in [-0.15, -0.1) is 0 Å². The van der Waals surface area contributed by atoms with Gasteiger partial charge in [-0.25, -0.2) is 0 Å². The molecule has 0 aliphatic heterocycles. The first-order chi connectivity index (χ1) is 14.6. The van der Waals surface area contributed by atoms with Crippen molar-refractivity contribution in [1.82, 2.24) is 9.55 Å². The molecule has 166 valence electrons. The third-order valence-corrected chi connectivity index (χ3v) is 6.25. The van der Waals surface area contributed by atoms with E-state index in [-0.39, 0.29) is 18.1 Å². The Bertz CT molecular complexity index is 1080. The van der Waals surface area contributed by atoms with Crippen LogP contribution in [-0.2, 0) is 17.7 Å². The Kier molecular flexibility index (Phi) is 7.28. The molecule has 0 saturated heterocycles. The second-order valence-corrected chi connectivity index (χ2v) is 9.60. The number of halogens is 1. The maximum absolute atomic E-state index is 9.99. The molecule has 31 heavy (non-hydrogen) atoms. The van der Waals surface area contributed by atoms with Crippen molar-refractivity contribution >= 4 is 39.4 Å². The highest BCUT2D eigenvalue weighted by molar-refractivity contribution is 9.10. The molecule has 0 aliphatic rings. The minimum absolute atomic E-state index is 0.0498. The molecule has 0 fully saturated rings. The number of aliphatic hydroxyl groups is 1. The van der Waals surface area contributed by atoms with Gasteiger partial charge in [-0.05, 0) is 55.5 Å². The van der Waals surface area contributed by atoms with Crippen molar-refractivity contribution < 1.29 is 19.9 Å². The lowest BCUT2D eigenvalue weighted by Gasteiger charge is -2.24. The molecule has 2 heterocycles. The van der Waals surface area contributed by atoms with Gasteiger partial charge in [0.25, 0.3) is 0 Å². The fourth-order valence-corrected chi connectivity index (χ4v) is 4.37. The topological polar surface area (TPSA) is 87.7 Å². The second-order valence-electron chi connectivity index (χ2n) is 8.69. The highest BCUT2D eigenvalue weighted by Crippen LogP contribution is 2.40. The Hall–Kier alpha value is -1.71. The molecule has 2 aromatic heterocycles. The van der Waals surface area contributed by atoms with Crippen molar-refractivity contribution in [3.63, 3.8) is 0 Å². The number of hydrogen-bond donors (Lipinski definition) is 3. The molecule has 1 atom stereocenters. The third-order valence-electron chi connectivity index (χ3n) is 5.76. The quantitative estimate of drug-likeness (QED) is 0.423. The van der Waals surface area contributed by atoms with Crippen LogP contribution in [0.5, 0.6) is 0 Å². The lowest BCUT2D eigenvalue weighted by atomic mass is 9.79. The Balaban J connectivity index is 2.44. The molecule has 3 rings (SSSR count). The van der Waals surface area contributed by atoms with Crippen molar-refractivity contribution in [2.24, 2.45) is 5.41 Å². The van der Waals surface area contributed by atoms with E-state index in [1.807, 2.05) is 26.8 Å². The van der Waals surface area contributed by atoms with E-state index in [9.17, 15) is 15.2 Å². The monoisotopic (exact) mass is 488 g/mol. The summed E-state index contributed by atoms with van der Waals surface area (Å²) in [7, 11) is 0.0109. The molecule has 3 aromatic rings. The van der Waals surface area contributed by atoms with Crippen LogP contribution in [0.15, 0.2) is 34.9 Å². The zero-order valence-corrected chi connectivity index (χ0v) is 20.3. The summed E-state index contributed by atoms with van der Waals surface area (Å²) in [6, 6.07) is 7.99. The standard InChI is InChI=1S/C23H30BBrN2O4/c1-6-27-20-8-7-16(25)10-17(20)19(11-23(3,4)13-28)22(27)18-9-15(24(29)30)12-26-21(18)14(2)31-5/h7-10,12,14,28-30H,6,11,13H2,1-5H3. The van der Waals surface area contributed by atoms with Gasteiger partial charge in [0.15, 0.2) is 0 Å². The summed E-state index contributed by atoms with van der Waals surface area (Å²) in [5, 5.41) is 30.7. The molecule has 8 heteroatoms. The van der Waals surface area contributed by atoms with Gasteiger partial charge in [0.05, 0.1) is 17.5 Å². The van der Waals surface area contributed by atoms with E-state index >= 15 is 0 Å². The van der Waals surface area contributed by atoms with Gasteiger partial charge in [-0.2, -0.15) is 0 Å². The van der Waals surface area contributed by atoms with Gasteiger partial charge in [-0.3, -0.25) is 4.98 Å². The molecule has 0 spiro atoms. The van der Waals surface area contributed by atoms with Gasteiger partial charge >= 0.3 is 7.12 Å². The van der Waals surface area contributed by atoms with Crippen LogP contribution < -0.4 is 5.46 Å². The minimum atomic E-state index is -1.62. The number of pyridine rings is 1. The predicted molar refractivity (Wildman–Crippen MR) is 128 cm³/mol. The van der Waals surface area contributed by atoms with Gasteiger partial charge in [0.2, 0.25) is 0 Å². The highest BCUT2D eigenvalue weighted by Gasteiger charge is 2.28. The Morgan fingerprint density at radius 2 is 1.97 bits per heavy atom. The maximum Gasteiger partial charge on any atom is 0.490 e. The summed E-state index contributed by atoms with van der Waals surface area (Å²) < 4.78 is 8.78. The molecular formula is C23H30BBrN2O4. The van der Waals surface area contributed by atoms with Crippen molar-refractivity contribution in [1.29, 1.82) is 0 Å². The van der Waals surface area contributed by atoms with Crippen LogP contribution in [0.25, 0.3) is 22.2 Å². The maximum atomic E-state index is 9.99. The number of aryl methyl sites for hydroxylation is 1. The van der Waals surface area contributed by atoms with Gasteiger partial charge in [-0.1, -0.05) is 29.8 Å². The lowest BCUT2D eigenvalue weighted by Crippen LogP contribution is -2.31. The number of benzene rings is 1. The van der Waals surface area contributed by atoms with Crippen LogP contribution in [0.3, 0.4) is 0 Å². The first kappa shape index (κ1) is 23.9. The SMILES string of the molecule is CCn1c(-c2cc(B(O)O)cnc2C(C)OC)c(CC(C)(C)CO)c2cc(Br)ccc21. The molecule has 1 unspecified atom stereocenters. The molecule has 0 radical (unpaired) electrons. The van der Waals surface area contributed by atoms with Crippen LogP contribution >= 0.6 is 15.9 Å². The van der Waals surface area contributed by atoms with Crippen LogP contribution in [-0.4, -0.2) is 45.5 Å². The first-order valence-corrected chi connectivity index (χ1v) is 11.2. The van der Waals surface area contributed by atoms with Gasteiger partial charge in [0, 0.05) is 52.9 Å². The fourth-order valence-electron chi connectivity index (χ4n) is 4.00. The Morgan fingerprint density at radius 1 is 1.26 bits per heavy atom. The second kappa shape index (κ2) is 9.42. The zero-order valence-electron chi connectivity index (χ0n) is 18.7. The number of aromatic nitrogens is 2. The molecule has 6 nitrogen and oxygen atoms in total. The van der Waals surface area contributed by atoms with E-state index in [1.165, 1.54) is 6.20 Å². The van der Waals surface area contributed by atoms with Crippen LogP contribution in [0.4, 0.5) is 0 Å². The summed E-state index contributed by atoms with van der Waals surface area (Å²) in [6.07, 6.45) is 1.84. The average Bonchev–Trinajstić information content (AvgIpc) is 3.04. The van der Waals surface area contributed by atoms with Crippen LogP contribution in [0.2, 0.25) is 0 Å². The fraction of sp³-hybridized carbons (Fsp3) is 0.435. The zero-order chi connectivity index (χ0) is 22.9. The summed E-state index contributed by atoms with van der Waals surface area (Å²) in [5.74, 6) is 0. The molecule has 1 aromatic carbocycles. The smallest absolute Gasteiger partial charge is 0.423 e. The predicted octanol–water partition coefficient (Wildman–Crippen LogP) is 3.43. The van der Waals surface area contributed by atoms with E-state index in [0.717, 1.165) is 44.4 Å². The molecule has 0 aliphatic carbocycles. The third kappa shape index (κ3) is 4.73.